The van der Waals surface area contributed by atoms with E-state index in [1.807, 2.05) is 25.2 Å². The number of hydrogen-bond donors (Lipinski definition) is 1. The Balaban J connectivity index is 1.83. The van der Waals surface area contributed by atoms with Crippen molar-refractivity contribution in [2.75, 3.05) is 26.3 Å². The predicted octanol–water partition coefficient (Wildman–Crippen LogP) is 1.43. The van der Waals surface area contributed by atoms with E-state index in [0.29, 0.717) is 19.5 Å². The van der Waals surface area contributed by atoms with Crippen LogP contribution in [-0.4, -0.2) is 82.3 Å². The lowest BCUT2D eigenvalue weighted by atomic mass is 9.73. The minimum atomic E-state index is -1.28. The largest absolute Gasteiger partial charge is 0.461 e. The van der Waals surface area contributed by atoms with Crippen molar-refractivity contribution in [1.82, 2.24) is 9.80 Å². The maximum absolute atomic E-state index is 13.9. The highest BCUT2D eigenvalue weighted by molar-refractivity contribution is 5.99. The molecule has 1 N–H and O–H groups in total. The molecule has 0 aliphatic carbocycles. The van der Waals surface area contributed by atoms with Gasteiger partial charge in [-0.15, -0.1) is 0 Å². The number of likely N-dealkylation sites (tertiary alicyclic amines) is 1. The number of fused-ring (bicyclic) bond motifs is 2. The molecule has 4 aliphatic heterocycles. The average molecular weight is 447 g/mol. The number of carbonyl (C=O) groups is 3. The summed E-state index contributed by atoms with van der Waals surface area (Å²) in [6, 6.07) is -1.51. The molecule has 0 aromatic carbocycles. The third kappa shape index (κ3) is 3.22. The zero-order valence-electron chi connectivity index (χ0n) is 19.2. The predicted molar refractivity (Wildman–Crippen MR) is 116 cm³/mol. The third-order valence-electron chi connectivity index (χ3n) is 7.49. The van der Waals surface area contributed by atoms with Crippen LogP contribution in [0.1, 0.15) is 46.5 Å². The van der Waals surface area contributed by atoms with Gasteiger partial charge < -0.3 is 24.4 Å². The van der Waals surface area contributed by atoms with Crippen LogP contribution in [-0.2, 0) is 23.9 Å². The number of esters is 1. The van der Waals surface area contributed by atoms with Gasteiger partial charge in [0.15, 0.2) is 0 Å². The summed E-state index contributed by atoms with van der Waals surface area (Å²) in [6.07, 6.45) is 10.7. The van der Waals surface area contributed by atoms with Gasteiger partial charge >= 0.3 is 5.97 Å². The van der Waals surface area contributed by atoms with Gasteiger partial charge in [-0.2, -0.15) is 0 Å². The van der Waals surface area contributed by atoms with Crippen LogP contribution >= 0.6 is 0 Å². The Morgan fingerprint density at radius 1 is 1.12 bits per heavy atom. The average Bonchev–Trinajstić information content (AvgIpc) is 3.08. The van der Waals surface area contributed by atoms with E-state index in [4.69, 9.17) is 9.47 Å². The summed E-state index contributed by atoms with van der Waals surface area (Å²) in [4.78, 5) is 44.0. The molecule has 2 saturated heterocycles. The molecule has 1 unspecified atom stereocenters. The molecule has 1 spiro atoms. The summed E-state index contributed by atoms with van der Waals surface area (Å²) in [7, 11) is 0. The fraction of sp³-hybridized carbons (Fsp3) is 0.708. The Hall–Kier alpha value is -2.19. The lowest BCUT2D eigenvalue weighted by molar-refractivity contribution is -0.161. The number of aliphatic hydroxyl groups excluding tert-OH is 1. The zero-order valence-corrected chi connectivity index (χ0v) is 19.2. The van der Waals surface area contributed by atoms with Crippen molar-refractivity contribution in [3.8, 4) is 0 Å². The van der Waals surface area contributed by atoms with Gasteiger partial charge in [-0.05, 0) is 25.8 Å². The molecule has 0 bridgehead atoms. The number of carbonyl (C=O) groups excluding carboxylic acids is 3. The summed E-state index contributed by atoms with van der Waals surface area (Å²) < 4.78 is 12.1. The minimum absolute atomic E-state index is 0.133. The van der Waals surface area contributed by atoms with Crippen LogP contribution in [0.3, 0.4) is 0 Å². The molecule has 32 heavy (non-hydrogen) atoms. The van der Waals surface area contributed by atoms with Crippen LogP contribution in [0, 0.1) is 11.8 Å². The molecule has 176 valence electrons. The van der Waals surface area contributed by atoms with E-state index in [-0.39, 0.29) is 25.0 Å². The summed E-state index contributed by atoms with van der Waals surface area (Å²) in [6.45, 7) is 6.61. The van der Waals surface area contributed by atoms with E-state index < -0.39 is 41.1 Å². The highest BCUT2D eigenvalue weighted by Crippen LogP contribution is 2.58. The van der Waals surface area contributed by atoms with Gasteiger partial charge in [0.1, 0.15) is 29.8 Å². The zero-order chi connectivity index (χ0) is 23.1. The Kier molecular flexibility index (Phi) is 6.20. The second-order valence-electron chi connectivity index (χ2n) is 9.33. The SMILES string of the molecule is CCCCCN1CC=C[C@]23O[C@]4(CC)C=CCOC(=O)[C@@H]4[C@H]2C(=O)N([C@H](C)CO)C3C1=O. The summed E-state index contributed by atoms with van der Waals surface area (Å²) in [5.74, 6) is -2.73. The van der Waals surface area contributed by atoms with E-state index in [9.17, 15) is 19.5 Å². The van der Waals surface area contributed by atoms with Crippen molar-refractivity contribution in [3.05, 3.63) is 24.3 Å². The maximum Gasteiger partial charge on any atom is 0.313 e. The van der Waals surface area contributed by atoms with E-state index in [0.717, 1.165) is 19.3 Å². The molecular formula is C24H34N2O6. The molecule has 8 nitrogen and oxygen atoms in total. The van der Waals surface area contributed by atoms with Gasteiger partial charge in [0.2, 0.25) is 11.8 Å². The second-order valence-corrected chi connectivity index (χ2v) is 9.33. The smallest absolute Gasteiger partial charge is 0.313 e. The first-order valence-electron chi connectivity index (χ1n) is 11.8. The molecule has 2 amide bonds. The number of ether oxygens (including phenoxy) is 2. The fourth-order valence-corrected chi connectivity index (χ4v) is 5.90. The molecule has 2 fully saturated rings. The fourth-order valence-electron chi connectivity index (χ4n) is 5.90. The standard InChI is InChI=1S/C24H34N2O6/c1-4-6-7-12-25-13-8-11-24-17(20(28)26(16(3)15-27)19(24)21(25)29)18-22(30)31-14-9-10-23(18,5-2)32-24/h8-11,16-19,27H,4-7,12-15H2,1-3H3/t16-,17+,18+,19?,23-,24+/m1/s1. The van der Waals surface area contributed by atoms with Gasteiger partial charge in [-0.1, -0.05) is 44.9 Å². The maximum atomic E-state index is 13.9. The number of aliphatic hydroxyl groups is 1. The van der Waals surface area contributed by atoms with Crippen molar-refractivity contribution in [2.24, 2.45) is 11.8 Å². The molecule has 8 heteroatoms. The summed E-state index contributed by atoms with van der Waals surface area (Å²) in [5.41, 5.74) is -2.29. The molecule has 4 rings (SSSR count). The molecule has 0 saturated carbocycles. The first kappa shape index (κ1) is 23.0. The molecule has 0 radical (unpaired) electrons. The number of unbranched alkanes of at least 4 members (excludes halogenated alkanes) is 2. The highest BCUT2D eigenvalue weighted by Gasteiger charge is 2.75. The minimum Gasteiger partial charge on any atom is -0.461 e. The topological polar surface area (TPSA) is 96.4 Å². The number of rotatable bonds is 7. The molecular weight excluding hydrogens is 412 g/mol. The van der Waals surface area contributed by atoms with Crippen LogP contribution in [0.5, 0.6) is 0 Å². The number of cyclic esters (lactones) is 1. The van der Waals surface area contributed by atoms with E-state index in [1.54, 1.807) is 17.9 Å². The van der Waals surface area contributed by atoms with Gasteiger partial charge in [-0.3, -0.25) is 14.4 Å². The summed E-state index contributed by atoms with van der Waals surface area (Å²) >= 11 is 0. The van der Waals surface area contributed by atoms with Crippen LogP contribution in [0.15, 0.2) is 24.3 Å². The highest BCUT2D eigenvalue weighted by atomic mass is 16.6. The Bertz CT molecular complexity index is 840. The van der Waals surface area contributed by atoms with E-state index in [1.165, 1.54) is 4.90 Å². The van der Waals surface area contributed by atoms with Gasteiger partial charge in [0, 0.05) is 13.1 Å². The first-order valence-corrected chi connectivity index (χ1v) is 11.8. The van der Waals surface area contributed by atoms with Crippen molar-refractivity contribution in [3.63, 3.8) is 0 Å². The monoisotopic (exact) mass is 446 g/mol. The molecule has 0 aromatic heterocycles. The van der Waals surface area contributed by atoms with Crippen LogP contribution in [0.2, 0.25) is 0 Å². The van der Waals surface area contributed by atoms with Crippen molar-refractivity contribution >= 4 is 17.8 Å². The van der Waals surface area contributed by atoms with Crippen molar-refractivity contribution in [1.29, 1.82) is 0 Å². The summed E-state index contributed by atoms with van der Waals surface area (Å²) in [5, 5.41) is 9.91. The molecule has 4 aliphatic rings. The Labute approximate surface area is 189 Å². The third-order valence-corrected chi connectivity index (χ3v) is 7.49. The lowest BCUT2D eigenvalue weighted by Crippen LogP contribution is -2.58. The quantitative estimate of drug-likeness (QED) is 0.361. The van der Waals surface area contributed by atoms with E-state index in [2.05, 4.69) is 6.92 Å². The molecule has 6 atom stereocenters. The molecule has 0 aromatic rings. The Morgan fingerprint density at radius 3 is 2.59 bits per heavy atom. The lowest BCUT2D eigenvalue weighted by Gasteiger charge is -2.39. The normalized spacial score (nSPS) is 37.0. The van der Waals surface area contributed by atoms with Gasteiger partial charge in [0.25, 0.3) is 0 Å². The van der Waals surface area contributed by atoms with Crippen LogP contribution < -0.4 is 0 Å². The first-order chi connectivity index (χ1) is 15.4. The van der Waals surface area contributed by atoms with Crippen LogP contribution in [0.4, 0.5) is 0 Å². The van der Waals surface area contributed by atoms with Crippen molar-refractivity contribution in [2.45, 2.75) is 69.7 Å². The van der Waals surface area contributed by atoms with Crippen LogP contribution in [0.25, 0.3) is 0 Å². The number of hydrogen-bond acceptors (Lipinski definition) is 6. The number of nitrogens with zero attached hydrogens (tertiary/aromatic N) is 2. The molecule has 4 heterocycles. The van der Waals surface area contributed by atoms with Gasteiger partial charge in [0.05, 0.1) is 18.6 Å². The van der Waals surface area contributed by atoms with E-state index >= 15 is 0 Å². The number of amides is 2. The second kappa shape index (κ2) is 8.63. The van der Waals surface area contributed by atoms with Crippen molar-refractivity contribution < 1.29 is 29.0 Å². The Morgan fingerprint density at radius 2 is 1.91 bits per heavy atom. The van der Waals surface area contributed by atoms with Gasteiger partial charge in [-0.25, -0.2) is 0 Å².